The number of aliphatic carboxylic acids is 1. The van der Waals surface area contributed by atoms with Gasteiger partial charge < -0.3 is 10.1 Å². The van der Waals surface area contributed by atoms with E-state index in [0.29, 0.717) is 0 Å². The second kappa shape index (κ2) is 4.09. The Morgan fingerprint density at radius 3 is 2.53 bits per heavy atom. The second-order valence-corrected chi connectivity index (χ2v) is 4.28. The van der Waals surface area contributed by atoms with Gasteiger partial charge in [0.15, 0.2) is 0 Å². The Kier molecular flexibility index (Phi) is 2.76. The summed E-state index contributed by atoms with van der Waals surface area (Å²) in [5, 5.41) is 9.81. The van der Waals surface area contributed by atoms with Crippen molar-refractivity contribution in [2.75, 3.05) is 0 Å². The number of carboxylic acid groups (broad SMARTS) is 1. The van der Waals surface area contributed by atoms with Crippen molar-refractivity contribution in [1.82, 2.24) is 4.98 Å². The van der Waals surface area contributed by atoms with Crippen LogP contribution in [0.1, 0.15) is 22.4 Å². The van der Waals surface area contributed by atoms with Gasteiger partial charge in [0.2, 0.25) is 0 Å². The number of H-pyrrole nitrogens is 1. The van der Waals surface area contributed by atoms with Crippen LogP contribution < -0.4 is 0 Å². The second-order valence-electron chi connectivity index (χ2n) is 4.28. The predicted octanol–water partition coefficient (Wildman–Crippen LogP) is 3.19. The van der Waals surface area contributed by atoms with E-state index in [1.54, 1.807) is 6.08 Å². The summed E-state index contributed by atoms with van der Waals surface area (Å²) in [4.78, 5) is 13.9. The number of hydrogen-bond acceptors (Lipinski definition) is 1. The highest BCUT2D eigenvalue weighted by molar-refractivity contribution is 5.97. The number of carboxylic acids is 1. The molecule has 0 aliphatic rings. The predicted molar refractivity (Wildman–Crippen MR) is 69.2 cm³/mol. The average Bonchev–Trinajstić information content (AvgIpc) is 2.59. The fraction of sp³-hybridized carbons (Fsp3) is 0.214. The van der Waals surface area contributed by atoms with Crippen LogP contribution in [0.3, 0.4) is 0 Å². The van der Waals surface area contributed by atoms with Crippen LogP contribution in [0.5, 0.6) is 0 Å². The van der Waals surface area contributed by atoms with Gasteiger partial charge in [-0.05, 0) is 38.0 Å². The third-order valence-corrected chi connectivity index (χ3v) is 3.00. The Labute approximate surface area is 99.8 Å². The van der Waals surface area contributed by atoms with Crippen LogP contribution in [-0.2, 0) is 4.79 Å². The standard InChI is InChI=1S/C14H15NO2/c1-8-4-5-9(2)14-13(8)11(10(3)15-14)6-7-12(16)17/h4-7,15H,1-3H3,(H,16,17)/b7-6+. The number of benzene rings is 1. The minimum atomic E-state index is -0.927. The van der Waals surface area contributed by atoms with Gasteiger partial charge in [0, 0.05) is 28.2 Å². The van der Waals surface area contributed by atoms with E-state index in [9.17, 15) is 4.79 Å². The molecule has 17 heavy (non-hydrogen) atoms. The Morgan fingerprint density at radius 1 is 1.24 bits per heavy atom. The maximum atomic E-state index is 10.6. The summed E-state index contributed by atoms with van der Waals surface area (Å²) in [5.41, 5.74) is 5.37. The van der Waals surface area contributed by atoms with E-state index in [-0.39, 0.29) is 0 Å². The van der Waals surface area contributed by atoms with Gasteiger partial charge in [0.05, 0.1) is 0 Å². The summed E-state index contributed by atoms with van der Waals surface area (Å²) < 4.78 is 0. The molecular formula is C14H15NO2. The number of rotatable bonds is 2. The maximum absolute atomic E-state index is 10.6. The summed E-state index contributed by atoms with van der Waals surface area (Å²) >= 11 is 0. The highest BCUT2D eigenvalue weighted by Gasteiger charge is 2.10. The van der Waals surface area contributed by atoms with Crippen molar-refractivity contribution in [3.05, 3.63) is 40.6 Å². The number of nitrogens with one attached hydrogen (secondary N) is 1. The molecule has 0 unspecified atom stereocenters. The first kappa shape index (κ1) is 11.5. The Hall–Kier alpha value is -2.03. The van der Waals surface area contributed by atoms with Gasteiger partial charge in [0.1, 0.15) is 0 Å². The van der Waals surface area contributed by atoms with E-state index < -0.39 is 5.97 Å². The molecule has 3 heteroatoms. The van der Waals surface area contributed by atoms with Gasteiger partial charge in [0.25, 0.3) is 0 Å². The minimum Gasteiger partial charge on any atom is -0.478 e. The lowest BCUT2D eigenvalue weighted by molar-refractivity contribution is -0.131. The van der Waals surface area contributed by atoms with Gasteiger partial charge in [-0.15, -0.1) is 0 Å². The van der Waals surface area contributed by atoms with Gasteiger partial charge in [-0.1, -0.05) is 12.1 Å². The maximum Gasteiger partial charge on any atom is 0.328 e. The zero-order valence-corrected chi connectivity index (χ0v) is 10.2. The number of hydrogen-bond donors (Lipinski definition) is 2. The van der Waals surface area contributed by atoms with Gasteiger partial charge in [-0.25, -0.2) is 4.79 Å². The van der Waals surface area contributed by atoms with Crippen molar-refractivity contribution in [1.29, 1.82) is 0 Å². The average molecular weight is 229 g/mol. The quantitative estimate of drug-likeness (QED) is 0.777. The zero-order chi connectivity index (χ0) is 12.6. The molecule has 2 N–H and O–H groups in total. The van der Waals surface area contributed by atoms with Crippen LogP contribution in [0.25, 0.3) is 17.0 Å². The molecule has 0 saturated heterocycles. The third kappa shape index (κ3) is 1.96. The lowest BCUT2D eigenvalue weighted by Crippen LogP contribution is -1.86. The van der Waals surface area contributed by atoms with Crippen molar-refractivity contribution >= 4 is 22.9 Å². The van der Waals surface area contributed by atoms with Crippen LogP contribution in [-0.4, -0.2) is 16.1 Å². The Morgan fingerprint density at radius 2 is 1.88 bits per heavy atom. The number of aromatic amines is 1. The van der Waals surface area contributed by atoms with E-state index in [1.165, 1.54) is 11.6 Å². The van der Waals surface area contributed by atoms with Crippen molar-refractivity contribution in [2.24, 2.45) is 0 Å². The molecule has 2 rings (SSSR count). The number of aryl methyl sites for hydroxylation is 3. The smallest absolute Gasteiger partial charge is 0.328 e. The van der Waals surface area contributed by atoms with E-state index in [2.05, 4.69) is 17.1 Å². The van der Waals surface area contributed by atoms with Crippen molar-refractivity contribution in [3.8, 4) is 0 Å². The van der Waals surface area contributed by atoms with E-state index in [1.807, 2.05) is 20.8 Å². The lowest BCUT2D eigenvalue weighted by Gasteiger charge is -2.01. The monoisotopic (exact) mass is 229 g/mol. The van der Waals surface area contributed by atoms with Crippen LogP contribution in [0.15, 0.2) is 18.2 Å². The Bertz CT molecular complexity index is 621. The van der Waals surface area contributed by atoms with Crippen molar-refractivity contribution in [2.45, 2.75) is 20.8 Å². The Balaban J connectivity index is 2.75. The molecule has 0 aliphatic heterocycles. The molecule has 3 nitrogen and oxygen atoms in total. The fourth-order valence-electron chi connectivity index (χ4n) is 2.12. The van der Waals surface area contributed by atoms with E-state index >= 15 is 0 Å². The molecule has 0 radical (unpaired) electrons. The van der Waals surface area contributed by atoms with Crippen molar-refractivity contribution in [3.63, 3.8) is 0 Å². The molecule has 0 amide bonds. The SMILES string of the molecule is Cc1[nH]c2c(C)ccc(C)c2c1/C=C/C(=O)O. The molecular weight excluding hydrogens is 214 g/mol. The summed E-state index contributed by atoms with van der Waals surface area (Å²) in [6, 6.07) is 4.13. The molecule has 1 heterocycles. The summed E-state index contributed by atoms with van der Waals surface area (Å²) in [5.74, 6) is -0.927. The molecule has 0 bridgehead atoms. The first-order valence-electron chi connectivity index (χ1n) is 5.50. The van der Waals surface area contributed by atoms with Crippen molar-refractivity contribution < 1.29 is 9.90 Å². The molecule has 0 spiro atoms. The van der Waals surface area contributed by atoms with Gasteiger partial charge in [-0.2, -0.15) is 0 Å². The van der Waals surface area contributed by atoms with Crippen LogP contribution >= 0.6 is 0 Å². The van der Waals surface area contributed by atoms with E-state index in [4.69, 9.17) is 5.11 Å². The summed E-state index contributed by atoms with van der Waals surface area (Å²) in [6.45, 7) is 6.04. The van der Waals surface area contributed by atoms with Gasteiger partial charge >= 0.3 is 5.97 Å². The number of aromatic nitrogens is 1. The molecule has 88 valence electrons. The number of carbonyl (C=O) groups is 1. The van der Waals surface area contributed by atoms with Crippen LogP contribution in [0.2, 0.25) is 0 Å². The number of fused-ring (bicyclic) bond motifs is 1. The lowest BCUT2D eigenvalue weighted by atomic mass is 10.0. The first-order chi connectivity index (χ1) is 8.00. The molecule has 0 aliphatic carbocycles. The molecule has 0 saturated carbocycles. The van der Waals surface area contributed by atoms with Crippen LogP contribution in [0.4, 0.5) is 0 Å². The summed E-state index contributed by atoms with van der Waals surface area (Å²) in [6.07, 6.45) is 2.83. The molecule has 0 atom stereocenters. The van der Waals surface area contributed by atoms with Crippen LogP contribution in [0, 0.1) is 20.8 Å². The fourth-order valence-corrected chi connectivity index (χ4v) is 2.12. The topological polar surface area (TPSA) is 53.1 Å². The molecule has 1 aromatic carbocycles. The molecule has 0 fully saturated rings. The highest BCUT2D eigenvalue weighted by atomic mass is 16.4. The minimum absolute atomic E-state index is 0.927. The van der Waals surface area contributed by atoms with Gasteiger partial charge in [-0.3, -0.25) is 0 Å². The normalized spacial score (nSPS) is 11.5. The first-order valence-corrected chi connectivity index (χ1v) is 5.50. The largest absolute Gasteiger partial charge is 0.478 e. The third-order valence-electron chi connectivity index (χ3n) is 3.00. The molecule has 2 aromatic rings. The van der Waals surface area contributed by atoms with E-state index in [0.717, 1.165) is 27.7 Å². The highest BCUT2D eigenvalue weighted by Crippen LogP contribution is 2.28. The molecule has 1 aromatic heterocycles. The zero-order valence-electron chi connectivity index (χ0n) is 10.2. The summed E-state index contributed by atoms with van der Waals surface area (Å²) in [7, 11) is 0.